The Morgan fingerprint density at radius 1 is 0.650 bits per heavy atom. The zero-order valence-electron chi connectivity index (χ0n) is 42.6. The largest absolute Gasteiger partial charge is 0.503 e. The molecule has 298 valence electrons. The Bertz CT molecular complexity index is 3390. The topological polar surface area (TPSA) is 46.0 Å². The number of pyridine rings is 2. The minimum atomic E-state index is -2.84. The lowest BCUT2D eigenvalue weighted by molar-refractivity contribution is 0.479. The van der Waals surface area contributed by atoms with Crippen LogP contribution in [0.3, 0.4) is 0 Å². The van der Waals surface area contributed by atoms with Crippen LogP contribution in [0.5, 0.6) is 11.5 Å². The van der Waals surface area contributed by atoms with Crippen LogP contribution in [0.25, 0.3) is 38.8 Å². The van der Waals surface area contributed by atoms with Gasteiger partial charge in [-0.1, -0.05) is 116 Å². The zero-order valence-corrected chi connectivity index (χ0v) is 35.6. The minimum Gasteiger partial charge on any atom is -0.457 e. The van der Waals surface area contributed by atoms with Crippen LogP contribution < -0.4 is 13.9 Å². The third kappa shape index (κ3) is 7.01. The van der Waals surface area contributed by atoms with Gasteiger partial charge in [-0.05, 0) is 91.4 Å². The Hall–Kier alpha value is -6.62. The van der Waals surface area contributed by atoms with E-state index in [-0.39, 0.29) is 16.4 Å². The summed E-state index contributed by atoms with van der Waals surface area (Å²) in [6.45, 7) is 16.4. The molecule has 8 aromatic rings. The van der Waals surface area contributed by atoms with Gasteiger partial charge in [0.05, 0.1) is 34.3 Å². The van der Waals surface area contributed by atoms with Crippen LogP contribution >= 0.6 is 0 Å². The highest BCUT2D eigenvalue weighted by molar-refractivity contribution is 6.09. The highest BCUT2D eigenvalue weighted by atomic mass is 16.5. The van der Waals surface area contributed by atoms with Crippen molar-refractivity contribution in [3.63, 3.8) is 0 Å². The fourth-order valence-corrected chi connectivity index (χ4v) is 7.96. The van der Waals surface area contributed by atoms with E-state index < -0.39 is 42.0 Å². The van der Waals surface area contributed by atoms with Gasteiger partial charge in [-0.15, -0.1) is 0 Å². The molecule has 0 saturated carbocycles. The van der Waals surface area contributed by atoms with Gasteiger partial charge in [0.15, 0.2) is 0 Å². The summed E-state index contributed by atoms with van der Waals surface area (Å²) >= 11 is 0. The molecule has 9 rings (SSSR count). The van der Waals surface area contributed by atoms with Gasteiger partial charge in [0.25, 0.3) is 11.4 Å². The second-order valence-electron chi connectivity index (χ2n) is 18.6. The first kappa shape index (κ1) is 31.3. The molecule has 0 atom stereocenters. The van der Waals surface area contributed by atoms with E-state index in [0.717, 1.165) is 55.8 Å². The molecule has 0 aliphatic carbocycles. The maximum absolute atomic E-state index is 9.15. The molecule has 60 heavy (non-hydrogen) atoms. The quantitative estimate of drug-likeness (QED) is 0.158. The molecular weight excluding hydrogens is 735 g/mol. The third-order valence-corrected chi connectivity index (χ3v) is 11.2. The number of para-hydroxylation sites is 3. The van der Waals surface area contributed by atoms with Crippen LogP contribution in [0, 0.1) is 6.85 Å². The summed E-state index contributed by atoms with van der Waals surface area (Å²) in [5.41, 5.74) is 6.90. The normalized spacial score (nSPS) is 15.0. The minimum absolute atomic E-state index is 0.0113. The zero-order chi connectivity index (χ0) is 48.1. The van der Waals surface area contributed by atoms with Crippen LogP contribution in [0.2, 0.25) is 0 Å². The SMILES string of the molecule is [2H]c1c([2H])c(C([2H])([2H])[2H])c([2H])c([2H])c1-c1cccc(C(C)(C)C)c1[N+]1=C=[N+](c2cc(Oc3ccc4c5ccncc5n(-c5cc(C(C)(C)C)ccn5)c4c3)cc(C(C)(C)C)c2)c2ccccc21. The molecule has 0 unspecified atom stereocenters. The van der Waals surface area contributed by atoms with E-state index in [0.29, 0.717) is 22.7 Å². The standard InChI is InChI=1S/C54H53N5O/c1-35-18-20-36(21-19-35)42-14-13-15-45(54(8,9)10)51(42)58-34-57(46-16-11-12-17-47(46)58)39-28-38(53(5,6)7)29-41(31-39)60-40-22-23-43-44-25-26-55-33-49(44)59(48(43)32-40)50-30-37(24-27-56-50)52(2,3)4/h11-33H,1-10H3/q+2/i1D3,18D,19D,20D,21D. The van der Waals surface area contributed by atoms with Gasteiger partial charge < -0.3 is 4.74 Å². The summed E-state index contributed by atoms with van der Waals surface area (Å²) in [5, 5.41) is 2.10. The molecule has 0 spiro atoms. The van der Waals surface area contributed by atoms with Crippen molar-refractivity contribution >= 4 is 50.6 Å². The second-order valence-corrected chi connectivity index (χ2v) is 18.6. The number of rotatable bonds is 6. The number of hydrogen-bond donors (Lipinski definition) is 0. The van der Waals surface area contributed by atoms with Gasteiger partial charge >= 0.3 is 6.01 Å². The Kier molecular flexibility index (Phi) is 7.46. The van der Waals surface area contributed by atoms with Gasteiger partial charge in [0, 0.05) is 57.1 Å². The van der Waals surface area contributed by atoms with Gasteiger partial charge in [0.1, 0.15) is 17.3 Å². The molecule has 0 saturated heterocycles. The summed E-state index contributed by atoms with van der Waals surface area (Å²) < 4.78 is 72.9. The van der Waals surface area contributed by atoms with Crippen LogP contribution in [-0.4, -0.2) is 20.5 Å². The molecular formula is C54H53N5O+2. The molecule has 0 N–H and O–H groups in total. The van der Waals surface area contributed by atoms with E-state index in [2.05, 4.69) is 114 Å². The van der Waals surface area contributed by atoms with Crippen molar-refractivity contribution in [3.05, 3.63) is 162 Å². The first-order chi connectivity index (χ1) is 31.4. The van der Waals surface area contributed by atoms with Crippen molar-refractivity contribution < 1.29 is 14.3 Å². The van der Waals surface area contributed by atoms with E-state index in [1.807, 2.05) is 82.3 Å². The Labute approximate surface area is 363 Å². The van der Waals surface area contributed by atoms with Gasteiger partial charge in [-0.3, -0.25) is 9.55 Å². The summed E-state index contributed by atoms with van der Waals surface area (Å²) in [4.78, 5) is 9.34. The van der Waals surface area contributed by atoms with E-state index in [9.17, 15) is 0 Å². The molecule has 6 nitrogen and oxygen atoms in total. The van der Waals surface area contributed by atoms with Crippen molar-refractivity contribution in [2.45, 2.75) is 85.4 Å². The van der Waals surface area contributed by atoms with Crippen molar-refractivity contribution in [2.75, 3.05) is 0 Å². The molecule has 0 bridgehead atoms. The Balaban J connectivity index is 1.25. The molecule has 3 aromatic heterocycles. The molecule has 1 aliphatic rings. The van der Waals surface area contributed by atoms with Crippen LogP contribution in [0.4, 0.5) is 22.7 Å². The number of ether oxygens (including phenoxy) is 1. The second kappa shape index (κ2) is 14.3. The highest BCUT2D eigenvalue weighted by Crippen LogP contribution is 2.45. The number of benzene rings is 5. The lowest BCUT2D eigenvalue weighted by Gasteiger charge is -2.21. The summed E-state index contributed by atoms with van der Waals surface area (Å²) in [5.74, 6) is 2.04. The van der Waals surface area contributed by atoms with Crippen LogP contribution in [0.1, 0.15) is 94.2 Å². The molecule has 4 heterocycles. The first-order valence-electron chi connectivity index (χ1n) is 23.8. The summed E-state index contributed by atoms with van der Waals surface area (Å²) in [7, 11) is 0. The van der Waals surface area contributed by atoms with Crippen molar-refractivity contribution in [1.29, 1.82) is 0 Å². The van der Waals surface area contributed by atoms with Crippen molar-refractivity contribution in [1.82, 2.24) is 23.7 Å². The van der Waals surface area contributed by atoms with Crippen molar-refractivity contribution in [3.8, 4) is 28.4 Å². The Morgan fingerprint density at radius 2 is 1.38 bits per heavy atom. The predicted molar refractivity (Wildman–Crippen MR) is 250 cm³/mol. The molecule has 1 aliphatic heterocycles. The van der Waals surface area contributed by atoms with E-state index in [1.165, 1.54) is 5.56 Å². The molecule has 0 fully saturated rings. The van der Waals surface area contributed by atoms with E-state index in [1.54, 1.807) is 6.07 Å². The third-order valence-electron chi connectivity index (χ3n) is 11.2. The summed E-state index contributed by atoms with van der Waals surface area (Å²) in [6, 6.07) is 33.7. The summed E-state index contributed by atoms with van der Waals surface area (Å²) in [6.07, 6.45) is 5.54. The van der Waals surface area contributed by atoms with Gasteiger partial charge in [-0.25, -0.2) is 4.98 Å². The van der Waals surface area contributed by atoms with Crippen LogP contribution in [0.15, 0.2) is 140 Å². The first-order valence-corrected chi connectivity index (χ1v) is 20.3. The average Bonchev–Trinajstić information content (AvgIpc) is 3.80. The number of aromatic nitrogens is 3. The highest BCUT2D eigenvalue weighted by Gasteiger charge is 2.41. The number of nitrogens with zero attached hydrogens (tertiary/aromatic N) is 5. The predicted octanol–water partition coefficient (Wildman–Crippen LogP) is 14.1. The molecule has 0 radical (unpaired) electrons. The van der Waals surface area contributed by atoms with E-state index >= 15 is 0 Å². The number of hydrogen-bond acceptors (Lipinski definition) is 3. The monoisotopic (exact) mass is 794 g/mol. The smallest absolute Gasteiger partial charge is 0.457 e. The number of fused-ring (bicyclic) bond motifs is 4. The molecule has 6 heteroatoms. The van der Waals surface area contributed by atoms with Gasteiger partial charge in [0.2, 0.25) is 11.4 Å². The van der Waals surface area contributed by atoms with Gasteiger partial charge in [-0.2, -0.15) is 0 Å². The Morgan fingerprint density at radius 3 is 2.10 bits per heavy atom. The van der Waals surface area contributed by atoms with Crippen molar-refractivity contribution in [2.24, 2.45) is 0 Å². The maximum Gasteiger partial charge on any atom is 0.503 e. The fraction of sp³-hybridized carbons (Fsp3) is 0.241. The van der Waals surface area contributed by atoms with Crippen LogP contribution in [-0.2, 0) is 16.2 Å². The molecule has 5 aromatic carbocycles. The lowest BCUT2D eigenvalue weighted by Crippen LogP contribution is -2.16. The average molecular weight is 795 g/mol. The maximum atomic E-state index is 9.15. The fourth-order valence-electron chi connectivity index (χ4n) is 7.96. The lowest BCUT2D eigenvalue weighted by atomic mass is 9.83. The van der Waals surface area contributed by atoms with E-state index in [4.69, 9.17) is 19.3 Å². The molecule has 0 amide bonds.